The van der Waals surface area contributed by atoms with Crippen molar-refractivity contribution >= 4 is 34.5 Å². The number of primary amides is 1. The van der Waals surface area contributed by atoms with Gasteiger partial charge in [-0.1, -0.05) is 54.2 Å². The predicted molar refractivity (Wildman–Crippen MR) is 121 cm³/mol. The Labute approximate surface area is 184 Å². The molecule has 0 radical (unpaired) electrons. The van der Waals surface area contributed by atoms with Crippen LogP contribution in [0.4, 0.5) is 0 Å². The molecule has 1 saturated carbocycles. The average molecular weight is 437 g/mol. The Bertz CT molecular complexity index is 1160. The summed E-state index contributed by atoms with van der Waals surface area (Å²) in [5.41, 5.74) is 6.85. The summed E-state index contributed by atoms with van der Waals surface area (Å²) in [6, 6.07) is 17.0. The van der Waals surface area contributed by atoms with Gasteiger partial charge in [0.15, 0.2) is 5.16 Å². The molecule has 0 spiro atoms. The Morgan fingerprint density at radius 3 is 2.52 bits per heavy atom. The zero-order valence-electron chi connectivity index (χ0n) is 17.1. The highest BCUT2D eigenvalue weighted by molar-refractivity contribution is 7.99. The van der Waals surface area contributed by atoms with Gasteiger partial charge >= 0.3 is 0 Å². The second-order valence-corrected chi connectivity index (χ2v) is 8.57. The van der Waals surface area contributed by atoms with Crippen molar-refractivity contribution in [1.82, 2.24) is 14.5 Å². The third-order valence-corrected chi connectivity index (χ3v) is 6.15. The molecule has 1 heterocycles. The van der Waals surface area contributed by atoms with E-state index in [1.54, 1.807) is 15.5 Å². The van der Waals surface area contributed by atoms with Crippen LogP contribution in [0, 0.1) is 0 Å². The van der Waals surface area contributed by atoms with E-state index >= 15 is 0 Å². The third-order valence-electron chi connectivity index (χ3n) is 5.21. The van der Waals surface area contributed by atoms with E-state index in [1.807, 2.05) is 48.5 Å². The maximum atomic E-state index is 13.0. The van der Waals surface area contributed by atoms with Crippen LogP contribution in [-0.4, -0.2) is 38.6 Å². The average Bonchev–Trinajstić information content (AvgIpc) is 3.60. The van der Waals surface area contributed by atoms with Gasteiger partial charge in [0.05, 0.1) is 16.7 Å². The molecule has 0 saturated heterocycles. The van der Waals surface area contributed by atoms with Gasteiger partial charge in [-0.2, -0.15) is 0 Å². The molecule has 2 aromatic carbocycles. The first-order chi connectivity index (χ1) is 15.0. The molecule has 8 heteroatoms. The molecule has 1 aromatic heterocycles. The fourth-order valence-electron chi connectivity index (χ4n) is 3.44. The van der Waals surface area contributed by atoms with Crippen molar-refractivity contribution in [2.75, 3.05) is 12.3 Å². The summed E-state index contributed by atoms with van der Waals surface area (Å²) in [5.74, 6) is -0.444. The Balaban J connectivity index is 1.54. The molecule has 1 aliphatic rings. The van der Waals surface area contributed by atoms with E-state index in [0.717, 1.165) is 18.4 Å². The van der Waals surface area contributed by atoms with Crippen LogP contribution in [0.1, 0.15) is 30.9 Å². The molecule has 3 aromatic rings. The lowest BCUT2D eigenvalue weighted by molar-refractivity contribution is -0.129. The van der Waals surface area contributed by atoms with Gasteiger partial charge < -0.3 is 10.6 Å². The molecule has 1 fully saturated rings. The van der Waals surface area contributed by atoms with Crippen LogP contribution in [-0.2, 0) is 16.1 Å². The molecule has 160 valence electrons. The Hall–Kier alpha value is -3.13. The fraction of sp³-hybridized carbons (Fsp3) is 0.304. The molecule has 0 unspecified atom stereocenters. The zero-order valence-corrected chi connectivity index (χ0v) is 17.9. The van der Waals surface area contributed by atoms with E-state index in [2.05, 4.69) is 4.98 Å². The van der Waals surface area contributed by atoms with E-state index in [1.165, 1.54) is 11.8 Å². The van der Waals surface area contributed by atoms with Gasteiger partial charge in [0.1, 0.15) is 0 Å². The summed E-state index contributed by atoms with van der Waals surface area (Å²) in [4.78, 5) is 43.6. The number of para-hydroxylation sites is 1. The number of nitrogens with two attached hydrogens (primary N) is 1. The number of benzene rings is 2. The molecule has 2 amide bonds. The van der Waals surface area contributed by atoms with Gasteiger partial charge in [0, 0.05) is 25.6 Å². The molecule has 2 N–H and O–H groups in total. The lowest BCUT2D eigenvalue weighted by Crippen LogP contribution is -2.35. The first-order valence-electron chi connectivity index (χ1n) is 10.3. The van der Waals surface area contributed by atoms with Crippen molar-refractivity contribution < 1.29 is 9.59 Å². The van der Waals surface area contributed by atoms with Crippen molar-refractivity contribution in [2.24, 2.45) is 5.73 Å². The van der Waals surface area contributed by atoms with Gasteiger partial charge in [-0.25, -0.2) is 4.98 Å². The first-order valence-corrected chi connectivity index (χ1v) is 11.3. The van der Waals surface area contributed by atoms with Crippen LogP contribution in [0.5, 0.6) is 0 Å². The van der Waals surface area contributed by atoms with E-state index < -0.39 is 5.91 Å². The highest BCUT2D eigenvalue weighted by Gasteiger charge is 2.29. The zero-order chi connectivity index (χ0) is 21.8. The lowest BCUT2D eigenvalue weighted by Gasteiger charge is -2.22. The SMILES string of the molecule is NC(=O)CCN(Cc1ccccc1)C(=O)CSc1nc2ccccc2c(=O)n1C1CC1. The number of carbonyl (C=O) groups is 2. The summed E-state index contributed by atoms with van der Waals surface area (Å²) in [6.07, 6.45) is 1.99. The number of hydrogen-bond donors (Lipinski definition) is 1. The van der Waals surface area contributed by atoms with Crippen molar-refractivity contribution in [3.63, 3.8) is 0 Å². The summed E-state index contributed by atoms with van der Waals surface area (Å²) in [7, 11) is 0. The Morgan fingerprint density at radius 1 is 1.10 bits per heavy atom. The van der Waals surface area contributed by atoms with Crippen molar-refractivity contribution in [1.29, 1.82) is 0 Å². The number of fused-ring (bicyclic) bond motifs is 1. The van der Waals surface area contributed by atoms with Crippen LogP contribution in [0.25, 0.3) is 10.9 Å². The Morgan fingerprint density at radius 2 is 1.81 bits per heavy atom. The highest BCUT2D eigenvalue weighted by atomic mass is 32.2. The maximum Gasteiger partial charge on any atom is 0.262 e. The van der Waals surface area contributed by atoms with Crippen LogP contribution in [0.2, 0.25) is 0 Å². The van der Waals surface area contributed by atoms with Crippen molar-refractivity contribution in [3.05, 3.63) is 70.5 Å². The summed E-state index contributed by atoms with van der Waals surface area (Å²) in [5, 5.41) is 1.16. The van der Waals surface area contributed by atoms with Crippen LogP contribution in [0.15, 0.2) is 64.5 Å². The van der Waals surface area contributed by atoms with E-state index in [0.29, 0.717) is 22.6 Å². The summed E-state index contributed by atoms with van der Waals surface area (Å²) >= 11 is 1.27. The quantitative estimate of drug-likeness (QED) is 0.411. The minimum absolute atomic E-state index is 0.0575. The van der Waals surface area contributed by atoms with Gasteiger partial charge in [0.25, 0.3) is 5.56 Å². The van der Waals surface area contributed by atoms with E-state index in [9.17, 15) is 14.4 Å². The molecule has 0 atom stereocenters. The molecule has 1 aliphatic carbocycles. The number of hydrogen-bond acceptors (Lipinski definition) is 5. The summed E-state index contributed by atoms with van der Waals surface area (Å²) < 4.78 is 1.73. The molecule has 0 bridgehead atoms. The van der Waals surface area contributed by atoms with Crippen LogP contribution < -0.4 is 11.3 Å². The molecule has 7 nitrogen and oxygen atoms in total. The number of aromatic nitrogens is 2. The smallest absolute Gasteiger partial charge is 0.262 e. The third kappa shape index (κ3) is 5.14. The van der Waals surface area contributed by atoms with Gasteiger partial charge in [-0.3, -0.25) is 19.0 Å². The van der Waals surface area contributed by atoms with Gasteiger partial charge in [0.2, 0.25) is 11.8 Å². The standard InChI is InChI=1S/C23H24N4O3S/c24-20(28)12-13-26(14-16-6-2-1-3-7-16)21(29)15-31-23-25-19-9-5-4-8-18(19)22(30)27(23)17-10-11-17/h1-9,17H,10-15H2,(H2,24,28). The molecular weight excluding hydrogens is 412 g/mol. The lowest BCUT2D eigenvalue weighted by atomic mass is 10.2. The van der Waals surface area contributed by atoms with E-state index in [4.69, 9.17) is 5.73 Å². The Kier molecular flexibility index (Phi) is 6.36. The summed E-state index contributed by atoms with van der Waals surface area (Å²) in [6.45, 7) is 0.651. The number of amides is 2. The maximum absolute atomic E-state index is 13.0. The highest BCUT2D eigenvalue weighted by Crippen LogP contribution is 2.36. The molecular formula is C23H24N4O3S. The molecule has 0 aliphatic heterocycles. The van der Waals surface area contributed by atoms with Crippen molar-refractivity contribution in [3.8, 4) is 0 Å². The van der Waals surface area contributed by atoms with Crippen molar-refractivity contribution in [2.45, 2.75) is 37.0 Å². The number of rotatable bonds is 9. The predicted octanol–water partition coefficient (Wildman–Crippen LogP) is 2.73. The topological polar surface area (TPSA) is 98.3 Å². The van der Waals surface area contributed by atoms with Gasteiger partial charge in [-0.05, 0) is 30.5 Å². The second kappa shape index (κ2) is 9.34. The van der Waals surface area contributed by atoms with Gasteiger partial charge in [-0.15, -0.1) is 0 Å². The second-order valence-electron chi connectivity index (χ2n) is 7.62. The van der Waals surface area contributed by atoms with E-state index in [-0.39, 0.29) is 36.2 Å². The minimum Gasteiger partial charge on any atom is -0.370 e. The monoisotopic (exact) mass is 436 g/mol. The fourth-order valence-corrected chi connectivity index (χ4v) is 4.41. The normalized spacial score (nSPS) is 13.3. The number of nitrogens with zero attached hydrogens (tertiary/aromatic N) is 3. The molecule has 4 rings (SSSR count). The number of thioether (sulfide) groups is 1. The largest absolute Gasteiger partial charge is 0.370 e. The first kappa shape index (κ1) is 21.1. The number of carbonyl (C=O) groups excluding carboxylic acids is 2. The minimum atomic E-state index is -0.447. The molecule has 31 heavy (non-hydrogen) atoms. The van der Waals surface area contributed by atoms with Crippen LogP contribution >= 0.6 is 11.8 Å². The van der Waals surface area contributed by atoms with Crippen LogP contribution in [0.3, 0.4) is 0 Å².